The molecule has 0 bridgehead atoms. The summed E-state index contributed by atoms with van der Waals surface area (Å²) in [6.45, 7) is 4.68. The second kappa shape index (κ2) is 6.04. The molecule has 1 heterocycles. The zero-order chi connectivity index (χ0) is 19.8. The zero-order valence-electron chi connectivity index (χ0n) is 16.3. The molecule has 0 unspecified atom stereocenters. The average Bonchev–Trinajstić information content (AvgIpc) is 3.20. The Morgan fingerprint density at radius 2 is 1.31 bits per heavy atom. The van der Waals surface area contributed by atoms with Crippen molar-refractivity contribution < 1.29 is 0 Å². The van der Waals surface area contributed by atoms with Crippen molar-refractivity contribution in [2.24, 2.45) is 0 Å². The third kappa shape index (κ3) is 2.49. The largest absolute Gasteiger partial charge is 0.135 e. The number of thiophene rings is 1. The first-order valence-electron chi connectivity index (χ1n) is 9.89. The molecule has 0 N–H and O–H groups in total. The molecule has 4 aromatic carbocycles. The summed E-state index contributed by atoms with van der Waals surface area (Å²) < 4.78 is 3.81. The van der Waals surface area contributed by atoms with Gasteiger partial charge in [0.1, 0.15) is 0 Å². The van der Waals surface area contributed by atoms with Gasteiger partial charge >= 0.3 is 0 Å². The van der Waals surface area contributed by atoms with Gasteiger partial charge in [-0.2, -0.15) is 0 Å². The highest BCUT2D eigenvalue weighted by Gasteiger charge is 2.35. The maximum Gasteiger partial charge on any atom is 0.0366 e. The summed E-state index contributed by atoms with van der Waals surface area (Å²) in [5, 5.41) is 2.68. The van der Waals surface area contributed by atoms with Gasteiger partial charge in [-0.1, -0.05) is 84.4 Å². The van der Waals surface area contributed by atoms with E-state index in [0.717, 1.165) is 4.47 Å². The lowest BCUT2D eigenvalue weighted by Crippen LogP contribution is -2.14. The van der Waals surface area contributed by atoms with Crippen LogP contribution in [-0.4, -0.2) is 0 Å². The highest BCUT2D eigenvalue weighted by Crippen LogP contribution is 2.49. The van der Waals surface area contributed by atoms with E-state index in [1.54, 1.807) is 0 Å². The van der Waals surface area contributed by atoms with Crippen molar-refractivity contribution in [2.75, 3.05) is 0 Å². The summed E-state index contributed by atoms with van der Waals surface area (Å²) in [5.41, 5.74) is 8.24. The topological polar surface area (TPSA) is 0 Å². The van der Waals surface area contributed by atoms with Crippen LogP contribution in [-0.2, 0) is 5.41 Å². The highest BCUT2D eigenvalue weighted by molar-refractivity contribution is 9.10. The van der Waals surface area contributed by atoms with Gasteiger partial charge in [0, 0.05) is 30.1 Å². The van der Waals surface area contributed by atoms with Gasteiger partial charge in [0.15, 0.2) is 0 Å². The Morgan fingerprint density at radius 3 is 2.17 bits per heavy atom. The summed E-state index contributed by atoms with van der Waals surface area (Å²) in [7, 11) is 0. The molecule has 2 heteroatoms. The standard InChI is InChI=1S/C27H19BrS/c1-27(2)23-6-4-3-5-19(23)20-10-7-16(13-24(20)27)17-8-11-21-22-12-9-18(28)15-26(22)29-25(21)14-17/h3-15H,1-2H3. The highest BCUT2D eigenvalue weighted by atomic mass is 79.9. The fourth-order valence-corrected chi connectivity index (χ4v) is 6.51. The van der Waals surface area contributed by atoms with Crippen LogP contribution in [0.3, 0.4) is 0 Å². The third-order valence-electron chi connectivity index (χ3n) is 6.35. The quantitative estimate of drug-likeness (QED) is 0.237. The predicted octanol–water partition coefficient (Wildman–Crippen LogP) is 8.79. The van der Waals surface area contributed by atoms with Crippen LogP contribution in [0.4, 0.5) is 0 Å². The first-order chi connectivity index (χ1) is 14.0. The van der Waals surface area contributed by atoms with Gasteiger partial charge < -0.3 is 0 Å². The molecule has 1 aromatic heterocycles. The lowest BCUT2D eigenvalue weighted by molar-refractivity contribution is 0.660. The van der Waals surface area contributed by atoms with Crippen molar-refractivity contribution in [1.29, 1.82) is 0 Å². The van der Waals surface area contributed by atoms with Crippen molar-refractivity contribution >= 4 is 47.4 Å². The molecule has 0 spiro atoms. The van der Waals surface area contributed by atoms with Gasteiger partial charge in [0.25, 0.3) is 0 Å². The fraction of sp³-hybridized carbons (Fsp3) is 0.111. The van der Waals surface area contributed by atoms with Crippen LogP contribution in [0.1, 0.15) is 25.0 Å². The van der Waals surface area contributed by atoms with E-state index >= 15 is 0 Å². The van der Waals surface area contributed by atoms with E-state index in [1.807, 2.05) is 11.3 Å². The summed E-state index contributed by atoms with van der Waals surface area (Å²) in [5.74, 6) is 0. The molecular formula is C27H19BrS. The lowest BCUT2D eigenvalue weighted by Gasteiger charge is -2.22. The Morgan fingerprint density at radius 1 is 0.655 bits per heavy atom. The molecule has 0 aliphatic heterocycles. The number of benzene rings is 4. The fourth-order valence-electron chi connectivity index (χ4n) is 4.81. The minimum Gasteiger partial charge on any atom is -0.135 e. The van der Waals surface area contributed by atoms with Crippen molar-refractivity contribution in [1.82, 2.24) is 0 Å². The Kier molecular flexibility index (Phi) is 3.63. The van der Waals surface area contributed by atoms with Crippen LogP contribution in [0.5, 0.6) is 0 Å². The third-order valence-corrected chi connectivity index (χ3v) is 7.96. The molecule has 140 valence electrons. The van der Waals surface area contributed by atoms with Gasteiger partial charge in [-0.3, -0.25) is 0 Å². The van der Waals surface area contributed by atoms with E-state index in [2.05, 4.69) is 109 Å². The maximum atomic E-state index is 3.60. The molecule has 0 atom stereocenters. The summed E-state index contributed by atoms with van der Waals surface area (Å²) in [4.78, 5) is 0. The SMILES string of the molecule is CC1(C)c2ccccc2-c2ccc(-c3ccc4c(c3)sc3cc(Br)ccc34)cc21. The minimum absolute atomic E-state index is 0.0376. The van der Waals surface area contributed by atoms with E-state index < -0.39 is 0 Å². The molecule has 0 saturated carbocycles. The van der Waals surface area contributed by atoms with E-state index in [9.17, 15) is 0 Å². The first kappa shape index (κ1) is 17.4. The van der Waals surface area contributed by atoms with E-state index in [1.165, 1.54) is 53.6 Å². The van der Waals surface area contributed by atoms with Gasteiger partial charge in [0.2, 0.25) is 0 Å². The molecule has 0 fully saturated rings. The van der Waals surface area contributed by atoms with Crippen LogP contribution in [0, 0.1) is 0 Å². The predicted molar refractivity (Wildman–Crippen MR) is 130 cm³/mol. The molecule has 0 amide bonds. The lowest BCUT2D eigenvalue weighted by atomic mass is 9.81. The van der Waals surface area contributed by atoms with Crippen LogP contribution < -0.4 is 0 Å². The molecule has 0 nitrogen and oxygen atoms in total. The number of hydrogen-bond donors (Lipinski definition) is 0. The second-order valence-electron chi connectivity index (χ2n) is 8.38. The molecule has 5 aromatic rings. The van der Waals surface area contributed by atoms with Gasteiger partial charge in [-0.25, -0.2) is 0 Å². The van der Waals surface area contributed by atoms with Crippen LogP contribution >= 0.6 is 27.3 Å². The van der Waals surface area contributed by atoms with Crippen molar-refractivity contribution in [3.8, 4) is 22.3 Å². The Balaban J connectivity index is 1.52. The molecule has 6 rings (SSSR count). The Labute approximate surface area is 183 Å². The van der Waals surface area contributed by atoms with Crippen molar-refractivity contribution in [2.45, 2.75) is 19.3 Å². The maximum absolute atomic E-state index is 3.60. The number of halogens is 1. The Hall–Kier alpha value is -2.42. The monoisotopic (exact) mass is 454 g/mol. The smallest absolute Gasteiger partial charge is 0.0366 e. The van der Waals surface area contributed by atoms with Crippen LogP contribution in [0.25, 0.3) is 42.4 Å². The molecule has 0 radical (unpaired) electrons. The van der Waals surface area contributed by atoms with E-state index in [-0.39, 0.29) is 5.41 Å². The number of fused-ring (bicyclic) bond motifs is 6. The first-order valence-corrected chi connectivity index (χ1v) is 11.5. The normalized spacial score (nSPS) is 14.3. The average molecular weight is 455 g/mol. The number of hydrogen-bond acceptors (Lipinski definition) is 1. The van der Waals surface area contributed by atoms with Crippen molar-refractivity contribution in [3.05, 3.63) is 94.5 Å². The molecule has 1 aliphatic carbocycles. The zero-order valence-corrected chi connectivity index (χ0v) is 18.7. The molecule has 0 saturated heterocycles. The summed E-state index contributed by atoms with van der Waals surface area (Å²) in [6.07, 6.45) is 0. The summed E-state index contributed by atoms with van der Waals surface area (Å²) in [6, 6.07) is 29.3. The van der Waals surface area contributed by atoms with Crippen LogP contribution in [0.2, 0.25) is 0 Å². The second-order valence-corrected chi connectivity index (χ2v) is 10.4. The summed E-state index contributed by atoms with van der Waals surface area (Å²) >= 11 is 5.47. The van der Waals surface area contributed by atoms with E-state index in [0.29, 0.717) is 0 Å². The number of rotatable bonds is 1. The molecule has 29 heavy (non-hydrogen) atoms. The minimum atomic E-state index is 0.0376. The van der Waals surface area contributed by atoms with Crippen LogP contribution in [0.15, 0.2) is 83.3 Å². The van der Waals surface area contributed by atoms with Gasteiger partial charge in [-0.05, 0) is 57.6 Å². The molecule has 1 aliphatic rings. The van der Waals surface area contributed by atoms with E-state index in [4.69, 9.17) is 0 Å². The van der Waals surface area contributed by atoms with Gasteiger partial charge in [-0.15, -0.1) is 11.3 Å². The molecular weight excluding hydrogens is 436 g/mol. The Bertz CT molecular complexity index is 1440. The van der Waals surface area contributed by atoms with Gasteiger partial charge in [0.05, 0.1) is 0 Å². The van der Waals surface area contributed by atoms with Crippen molar-refractivity contribution in [3.63, 3.8) is 0 Å².